The molecule has 0 saturated carbocycles. The summed E-state index contributed by atoms with van der Waals surface area (Å²) in [4.78, 5) is 14.2. The van der Waals surface area contributed by atoms with Crippen LogP contribution in [0.15, 0.2) is 47.4 Å². The first-order chi connectivity index (χ1) is 11.1. The van der Waals surface area contributed by atoms with E-state index in [1.807, 2.05) is 6.92 Å². The van der Waals surface area contributed by atoms with Crippen LogP contribution in [-0.4, -0.2) is 32.5 Å². The number of carbonyl (C=O) groups is 1. The third kappa shape index (κ3) is 3.94. The molecule has 2 aromatic carbocycles. The van der Waals surface area contributed by atoms with E-state index in [4.69, 9.17) is 11.6 Å². The molecule has 2 rings (SSSR count). The predicted molar refractivity (Wildman–Crippen MR) is 91.5 cm³/mol. The minimum Gasteiger partial charge on any atom is -0.335 e. The van der Waals surface area contributed by atoms with Gasteiger partial charge in [-0.05, 0) is 42.8 Å². The zero-order valence-corrected chi connectivity index (χ0v) is 15.0. The summed E-state index contributed by atoms with van der Waals surface area (Å²) in [5, 5.41) is 0.0477. The molecule has 0 aromatic heterocycles. The van der Waals surface area contributed by atoms with E-state index in [0.717, 1.165) is 17.9 Å². The summed E-state index contributed by atoms with van der Waals surface area (Å²) in [6.07, 6.45) is 1.14. The van der Waals surface area contributed by atoms with Gasteiger partial charge < -0.3 is 4.90 Å². The van der Waals surface area contributed by atoms with E-state index in [0.29, 0.717) is 0 Å². The van der Waals surface area contributed by atoms with Crippen molar-refractivity contribution in [3.05, 3.63) is 64.4 Å². The minimum absolute atomic E-state index is 0.0477. The van der Waals surface area contributed by atoms with Gasteiger partial charge in [0.15, 0.2) is 9.84 Å². The van der Waals surface area contributed by atoms with E-state index in [1.165, 1.54) is 29.2 Å². The van der Waals surface area contributed by atoms with Gasteiger partial charge in [-0.15, -0.1) is 0 Å². The fourth-order valence-electron chi connectivity index (χ4n) is 2.25. The summed E-state index contributed by atoms with van der Waals surface area (Å²) in [7, 11) is -1.66. The molecule has 0 fully saturated rings. The van der Waals surface area contributed by atoms with Crippen molar-refractivity contribution in [2.75, 3.05) is 13.3 Å². The quantitative estimate of drug-likeness (QED) is 0.825. The van der Waals surface area contributed by atoms with E-state index in [1.54, 1.807) is 19.2 Å². The highest BCUT2D eigenvalue weighted by Crippen LogP contribution is 2.25. The van der Waals surface area contributed by atoms with Crippen molar-refractivity contribution < 1.29 is 17.6 Å². The molecule has 24 heavy (non-hydrogen) atoms. The van der Waals surface area contributed by atoms with Crippen molar-refractivity contribution in [1.82, 2.24) is 4.90 Å². The van der Waals surface area contributed by atoms with Crippen molar-refractivity contribution in [2.24, 2.45) is 0 Å². The van der Waals surface area contributed by atoms with Gasteiger partial charge in [-0.3, -0.25) is 4.79 Å². The van der Waals surface area contributed by atoms with Gasteiger partial charge in [0.05, 0.1) is 21.5 Å². The Kier molecular flexibility index (Phi) is 5.30. The van der Waals surface area contributed by atoms with Crippen LogP contribution in [0.3, 0.4) is 0 Å². The van der Waals surface area contributed by atoms with Crippen LogP contribution >= 0.6 is 11.6 Å². The van der Waals surface area contributed by atoms with Gasteiger partial charge in [0.2, 0.25) is 0 Å². The summed E-state index contributed by atoms with van der Waals surface area (Å²) in [5.74, 6) is -0.858. The molecule has 7 heteroatoms. The lowest BCUT2D eigenvalue weighted by Gasteiger charge is -2.26. The van der Waals surface area contributed by atoms with Crippen molar-refractivity contribution >= 4 is 27.3 Å². The monoisotopic (exact) mass is 369 g/mol. The molecule has 4 nitrogen and oxygen atoms in total. The molecule has 1 atom stereocenters. The molecule has 0 aliphatic carbocycles. The number of carbonyl (C=O) groups excluding carboxylic acids is 1. The second-order valence-corrected chi connectivity index (χ2v) is 7.98. The number of sulfone groups is 1. The van der Waals surface area contributed by atoms with Gasteiger partial charge in [-0.2, -0.15) is 0 Å². The van der Waals surface area contributed by atoms with Gasteiger partial charge in [0.25, 0.3) is 5.91 Å². The van der Waals surface area contributed by atoms with E-state index >= 15 is 0 Å². The average Bonchev–Trinajstić information content (AvgIpc) is 2.52. The van der Waals surface area contributed by atoms with Crippen LogP contribution in [0.4, 0.5) is 4.39 Å². The molecule has 0 aliphatic rings. The summed E-state index contributed by atoms with van der Waals surface area (Å²) >= 11 is 5.94. The molecule has 2 aromatic rings. The van der Waals surface area contributed by atoms with Crippen molar-refractivity contribution in [2.45, 2.75) is 17.9 Å². The molecule has 1 amide bonds. The van der Waals surface area contributed by atoms with Gasteiger partial charge >= 0.3 is 0 Å². The Balaban J connectivity index is 2.25. The molecule has 0 aliphatic heterocycles. The van der Waals surface area contributed by atoms with Crippen LogP contribution in [0.1, 0.15) is 28.9 Å². The lowest BCUT2D eigenvalue weighted by Crippen LogP contribution is -2.30. The average molecular weight is 370 g/mol. The summed E-state index contributed by atoms with van der Waals surface area (Å²) in [6.45, 7) is 1.81. The first kappa shape index (κ1) is 18.4. The Morgan fingerprint density at radius 2 is 1.75 bits per heavy atom. The SMILES string of the molecule is C[C@@H](c1ccc(S(C)(=O)=O)cc1)N(C)C(=O)c1ccc(F)cc1Cl. The number of halogens is 2. The number of hydrogen-bond donors (Lipinski definition) is 0. The van der Waals surface area contributed by atoms with E-state index in [-0.39, 0.29) is 27.4 Å². The van der Waals surface area contributed by atoms with Gasteiger partial charge in [0.1, 0.15) is 5.82 Å². The Morgan fingerprint density at radius 3 is 2.25 bits per heavy atom. The topological polar surface area (TPSA) is 54.5 Å². The Hall–Kier alpha value is -1.92. The molecule has 0 heterocycles. The normalized spacial score (nSPS) is 12.7. The highest BCUT2D eigenvalue weighted by atomic mass is 35.5. The highest BCUT2D eigenvalue weighted by molar-refractivity contribution is 7.90. The smallest absolute Gasteiger partial charge is 0.255 e. The summed E-state index contributed by atoms with van der Waals surface area (Å²) in [6, 6.07) is 9.64. The number of nitrogens with zero attached hydrogens (tertiary/aromatic N) is 1. The Morgan fingerprint density at radius 1 is 1.17 bits per heavy atom. The number of amides is 1. The zero-order chi connectivity index (χ0) is 18.1. The number of hydrogen-bond acceptors (Lipinski definition) is 3. The molecular formula is C17H17ClFNO3S. The summed E-state index contributed by atoms with van der Waals surface area (Å²) < 4.78 is 36.1. The molecule has 0 N–H and O–H groups in total. The van der Waals surface area contributed by atoms with E-state index in [2.05, 4.69) is 0 Å². The minimum atomic E-state index is -3.27. The highest BCUT2D eigenvalue weighted by Gasteiger charge is 2.21. The van der Waals surface area contributed by atoms with Gasteiger partial charge in [-0.25, -0.2) is 12.8 Å². The standard InChI is InChI=1S/C17H17ClFNO3S/c1-11(12-4-7-14(8-5-12)24(3,22)23)20(2)17(21)15-9-6-13(19)10-16(15)18/h4-11H,1-3H3/t11-/m0/s1. The van der Waals surface area contributed by atoms with Crippen LogP contribution in [-0.2, 0) is 9.84 Å². The van der Waals surface area contributed by atoms with Gasteiger partial charge in [0, 0.05) is 13.3 Å². The Labute approximate surface area is 145 Å². The maximum Gasteiger partial charge on any atom is 0.255 e. The lowest BCUT2D eigenvalue weighted by atomic mass is 10.1. The van der Waals surface area contributed by atoms with Crippen molar-refractivity contribution in [3.8, 4) is 0 Å². The van der Waals surface area contributed by atoms with Gasteiger partial charge in [-0.1, -0.05) is 23.7 Å². The molecule has 0 bridgehead atoms. The van der Waals surface area contributed by atoms with Crippen molar-refractivity contribution in [1.29, 1.82) is 0 Å². The molecule has 128 valence electrons. The number of benzene rings is 2. The maximum atomic E-state index is 13.1. The second kappa shape index (κ2) is 6.91. The molecular weight excluding hydrogens is 353 g/mol. The third-order valence-corrected chi connectivity index (χ3v) is 5.29. The molecule has 0 radical (unpaired) electrons. The first-order valence-corrected chi connectivity index (χ1v) is 9.40. The molecule has 0 unspecified atom stereocenters. The van der Waals surface area contributed by atoms with Crippen molar-refractivity contribution in [3.63, 3.8) is 0 Å². The third-order valence-electron chi connectivity index (χ3n) is 3.85. The van der Waals surface area contributed by atoms with Crippen LogP contribution in [0.2, 0.25) is 5.02 Å². The zero-order valence-electron chi connectivity index (χ0n) is 13.5. The van der Waals surface area contributed by atoms with Crippen LogP contribution < -0.4 is 0 Å². The van der Waals surface area contributed by atoms with E-state index in [9.17, 15) is 17.6 Å². The second-order valence-electron chi connectivity index (χ2n) is 5.56. The van der Waals surface area contributed by atoms with Crippen LogP contribution in [0, 0.1) is 5.82 Å². The first-order valence-electron chi connectivity index (χ1n) is 7.13. The maximum absolute atomic E-state index is 13.1. The lowest BCUT2D eigenvalue weighted by molar-refractivity contribution is 0.0742. The fraction of sp³-hybridized carbons (Fsp3) is 0.235. The molecule has 0 spiro atoms. The molecule has 0 saturated heterocycles. The number of rotatable bonds is 4. The van der Waals surface area contributed by atoms with E-state index < -0.39 is 15.7 Å². The largest absolute Gasteiger partial charge is 0.335 e. The Bertz CT molecular complexity index is 866. The fourth-order valence-corrected chi connectivity index (χ4v) is 3.12. The summed E-state index contributed by atoms with van der Waals surface area (Å²) in [5.41, 5.74) is 0.983. The van der Waals surface area contributed by atoms with Crippen LogP contribution in [0.25, 0.3) is 0 Å². The van der Waals surface area contributed by atoms with Crippen LogP contribution in [0.5, 0.6) is 0 Å². The predicted octanol–water partition coefficient (Wildman–Crippen LogP) is 3.72.